The quantitative estimate of drug-likeness (QED) is 0.499. The average molecular weight is 350 g/mol. The van der Waals surface area contributed by atoms with Crippen LogP contribution in [0.4, 0.5) is 8.78 Å². The highest BCUT2D eigenvalue weighted by atomic mass is 19.3. The predicted molar refractivity (Wildman–Crippen MR) is 92.5 cm³/mol. The molecule has 1 aliphatic rings. The minimum absolute atomic E-state index is 0.642. The zero-order valence-corrected chi connectivity index (χ0v) is 14.3. The first-order chi connectivity index (χ1) is 12.0. The topological polar surface area (TPSA) is 46.5 Å². The SMILES string of the molecule is CCCCCCc1ccccc1C1(OC(F)F)C=CC(C(=O)O)C=C1. The van der Waals surface area contributed by atoms with Crippen LogP contribution in [0.15, 0.2) is 48.6 Å². The standard InChI is InChI=1S/C20H24F2O3/c1-2-3-4-5-8-15-9-6-7-10-17(15)20(25-19(21)22)13-11-16(12-14-20)18(23)24/h6-7,9-14,16,19H,2-5,8H2,1H3,(H,23,24). The number of aryl methyl sites for hydroxylation is 1. The van der Waals surface area contributed by atoms with Crippen LogP contribution in [-0.2, 0) is 21.6 Å². The Hall–Kier alpha value is -2.01. The van der Waals surface area contributed by atoms with Gasteiger partial charge in [0.25, 0.3) is 0 Å². The molecule has 0 aromatic heterocycles. The van der Waals surface area contributed by atoms with Crippen LogP contribution in [-0.4, -0.2) is 17.7 Å². The second-order valence-corrected chi connectivity index (χ2v) is 6.22. The number of carboxylic acid groups (broad SMARTS) is 1. The van der Waals surface area contributed by atoms with Gasteiger partial charge in [0.15, 0.2) is 0 Å². The zero-order chi connectivity index (χ0) is 18.3. The first kappa shape index (κ1) is 19.3. The minimum Gasteiger partial charge on any atom is -0.481 e. The lowest BCUT2D eigenvalue weighted by Crippen LogP contribution is -2.31. The number of aliphatic carboxylic acids is 1. The zero-order valence-electron chi connectivity index (χ0n) is 14.3. The molecule has 3 nitrogen and oxygen atoms in total. The number of halogens is 2. The molecule has 1 N–H and O–H groups in total. The molecule has 0 unspecified atom stereocenters. The third kappa shape index (κ3) is 4.98. The van der Waals surface area contributed by atoms with Crippen molar-refractivity contribution in [2.45, 2.75) is 51.2 Å². The van der Waals surface area contributed by atoms with E-state index in [1.807, 2.05) is 12.1 Å². The van der Waals surface area contributed by atoms with Crippen molar-refractivity contribution in [3.8, 4) is 0 Å². The van der Waals surface area contributed by atoms with Gasteiger partial charge in [-0.3, -0.25) is 4.79 Å². The van der Waals surface area contributed by atoms with E-state index >= 15 is 0 Å². The van der Waals surface area contributed by atoms with Crippen molar-refractivity contribution >= 4 is 5.97 Å². The Kier molecular flexibility index (Phi) is 6.88. The summed E-state index contributed by atoms with van der Waals surface area (Å²) >= 11 is 0. The maximum absolute atomic E-state index is 13.1. The highest BCUT2D eigenvalue weighted by Gasteiger charge is 2.36. The van der Waals surface area contributed by atoms with E-state index in [0.717, 1.165) is 37.7 Å². The van der Waals surface area contributed by atoms with E-state index in [1.54, 1.807) is 12.1 Å². The van der Waals surface area contributed by atoms with Crippen LogP contribution >= 0.6 is 0 Å². The van der Waals surface area contributed by atoms with Gasteiger partial charge < -0.3 is 9.84 Å². The molecule has 0 atom stereocenters. The molecule has 5 heteroatoms. The van der Waals surface area contributed by atoms with Gasteiger partial charge in [0.1, 0.15) is 5.60 Å². The maximum Gasteiger partial charge on any atom is 0.346 e. The molecule has 0 aliphatic heterocycles. The number of carbonyl (C=O) groups is 1. The van der Waals surface area contributed by atoms with Crippen LogP contribution < -0.4 is 0 Å². The maximum atomic E-state index is 13.1. The molecular formula is C20H24F2O3. The molecule has 0 spiro atoms. The summed E-state index contributed by atoms with van der Waals surface area (Å²) < 4.78 is 31.1. The number of benzene rings is 1. The molecule has 0 saturated carbocycles. The summed E-state index contributed by atoms with van der Waals surface area (Å²) in [5, 5.41) is 9.09. The fourth-order valence-corrected chi connectivity index (χ4v) is 3.11. The molecule has 0 saturated heterocycles. The van der Waals surface area contributed by atoms with Crippen LogP contribution in [0.25, 0.3) is 0 Å². The number of carboxylic acids is 1. The van der Waals surface area contributed by atoms with E-state index in [2.05, 4.69) is 6.92 Å². The molecule has 2 rings (SSSR count). The van der Waals surface area contributed by atoms with Gasteiger partial charge in [0.2, 0.25) is 0 Å². The van der Waals surface area contributed by atoms with Crippen molar-refractivity contribution in [3.63, 3.8) is 0 Å². The van der Waals surface area contributed by atoms with E-state index in [4.69, 9.17) is 9.84 Å². The Morgan fingerprint density at radius 3 is 2.48 bits per heavy atom. The molecule has 0 heterocycles. The normalized spacial score (nSPS) is 22.5. The number of rotatable bonds is 9. The molecule has 0 bridgehead atoms. The first-order valence-electron chi connectivity index (χ1n) is 8.64. The highest BCUT2D eigenvalue weighted by Crippen LogP contribution is 2.37. The molecule has 1 aromatic rings. The van der Waals surface area contributed by atoms with Crippen LogP contribution in [0.1, 0.15) is 43.7 Å². The minimum atomic E-state index is -2.97. The molecule has 0 radical (unpaired) electrons. The van der Waals surface area contributed by atoms with Gasteiger partial charge in [0, 0.05) is 0 Å². The van der Waals surface area contributed by atoms with Crippen LogP contribution in [0, 0.1) is 5.92 Å². The average Bonchev–Trinajstić information content (AvgIpc) is 2.59. The van der Waals surface area contributed by atoms with Crippen LogP contribution in [0.5, 0.6) is 0 Å². The fraction of sp³-hybridized carbons (Fsp3) is 0.450. The monoisotopic (exact) mass is 350 g/mol. The highest BCUT2D eigenvalue weighted by molar-refractivity contribution is 5.75. The molecule has 25 heavy (non-hydrogen) atoms. The summed E-state index contributed by atoms with van der Waals surface area (Å²) in [7, 11) is 0. The third-order valence-corrected chi connectivity index (χ3v) is 4.41. The van der Waals surface area contributed by atoms with Crippen molar-refractivity contribution in [3.05, 3.63) is 59.7 Å². The number of unbranched alkanes of at least 4 members (excludes halogenated alkanes) is 3. The van der Waals surface area contributed by atoms with Crippen molar-refractivity contribution < 1.29 is 23.4 Å². The molecular weight excluding hydrogens is 326 g/mol. The van der Waals surface area contributed by atoms with E-state index in [0.29, 0.717) is 5.56 Å². The van der Waals surface area contributed by atoms with Gasteiger partial charge in [-0.05, 0) is 36.1 Å². The lowest BCUT2D eigenvalue weighted by molar-refractivity contribution is -0.180. The van der Waals surface area contributed by atoms with E-state index < -0.39 is 24.1 Å². The molecule has 136 valence electrons. The summed E-state index contributed by atoms with van der Waals surface area (Å²) in [6.07, 6.45) is 10.8. The number of hydrogen-bond acceptors (Lipinski definition) is 2. The lowest BCUT2D eigenvalue weighted by Gasteiger charge is -2.32. The van der Waals surface area contributed by atoms with Gasteiger partial charge in [-0.2, -0.15) is 8.78 Å². The van der Waals surface area contributed by atoms with Gasteiger partial charge in [0.05, 0.1) is 5.92 Å². The van der Waals surface area contributed by atoms with Crippen LogP contribution in [0.3, 0.4) is 0 Å². The van der Waals surface area contributed by atoms with Crippen LogP contribution in [0.2, 0.25) is 0 Å². The molecule has 1 aromatic carbocycles. The van der Waals surface area contributed by atoms with E-state index in [-0.39, 0.29) is 0 Å². The Balaban J connectivity index is 2.32. The van der Waals surface area contributed by atoms with Gasteiger partial charge in [-0.25, -0.2) is 0 Å². The van der Waals surface area contributed by atoms with Gasteiger partial charge in [-0.15, -0.1) is 0 Å². The Morgan fingerprint density at radius 1 is 1.20 bits per heavy atom. The Bertz CT molecular complexity index is 624. The molecule has 0 fully saturated rings. The van der Waals surface area contributed by atoms with E-state index in [1.165, 1.54) is 24.3 Å². The number of hydrogen-bond donors (Lipinski definition) is 1. The van der Waals surface area contributed by atoms with Crippen molar-refractivity contribution in [1.29, 1.82) is 0 Å². The molecule has 1 aliphatic carbocycles. The first-order valence-corrected chi connectivity index (χ1v) is 8.64. The van der Waals surface area contributed by atoms with Gasteiger partial charge in [-0.1, -0.05) is 62.6 Å². The van der Waals surface area contributed by atoms with Gasteiger partial charge >= 0.3 is 12.6 Å². The molecule has 0 amide bonds. The fourth-order valence-electron chi connectivity index (χ4n) is 3.11. The lowest BCUT2D eigenvalue weighted by atomic mass is 9.83. The third-order valence-electron chi connectivity index (χ3n) is 4.41. The number of alkyl halides is 2. The summed E-state index contributed by atoms with van der Waals surface area (Å²) in [6.45, 7) is -0.834. The largest absolute Gasteiger partial charge is 0.481 e. The second-order valence-electron chi connectivity index (χ2n) is 6.22. The Labute approximate surface area is 147 Å². The smallest absolute Gasteiger partial charge is 0.346 e. The van der Waals surface area contributed by atoms with Crippen molar-refractivity contribution in [2.75, 3.05) is 0 Å². The van der Waals surface area contributed by atoms with E-state index in [9.17, 15) is 13.6 Å². The van der Waals surface area contributed by atoms with Crippen molar-refractivity contribution in [2.24, 2.45) is 5.92 Å². The second kappa shape index (κ2) is 8.90. The predicted octanol–water partition coefficient (Wildman–Crippen LogP) is 5.07. The summed E-state index contributed by atoms with van der Waals surface area (Å²) in [4.78, 5) is 11.1. The summed E-state index contributed by atoms with van der Waals surface area (Å²) in [6, 6.07) is 7.35. The Morgan fingerprint density at radius 2 is 1.88 bits per heavy atom. The van der Waals surface area contributed by atoms with Crippen molar-refractivity contribution in [1.82, 2.24) is 0 Å². The summed E-state index contributed by atoms with van der Waals surface area (Å²) in [5.41, 5.74) is 0.159. The number of ether oxygens (including phenoxy) is 1. The summed E-state index contributed by atoms with van der Waals surface area (Å²) in [5.74, 6) is -1.85.